The Labute approximate surface area is 81.5 Å². The standard InChI is InChI=1S/C10H9ClO2/c11-9-2-1-3-10-8(9)6-7(13-10)4-5-12/h1-3,5,7H,4,6H2. The van der Waals surface area contributed by atoms with Crippen molar-refractivity contribution in [1.82, 2.24) is 0 Å². The molecule has 0 saturated carbocycles. The van der Waals surface area contributed by atoms with Crippen molar-refractivity contribution in [3.05, 3.63) is 28.8 Å². The van der Waals surface area contributed by atoms with Crippen LogP contribution in [-0.2, 0) is 11.2 Å². The van der Waals surface area contributed by atoms with Gasteiger partial charge in [0.15, 0.2) is 0 Å². The van der Waals surface area contributed by atoms with Gasteiger partial charge in [-0.25, -0.2) is 0 Å². The van der Waals surface area contributed by atoms with Crippen molar-refractivity contribution >= 4 is 17.9 Å². The van der Waals surface area contributed by atoms with Crippen molar-refractivity contribution in [3.8, 4) is 5.75 Å². The molecule has 1 aliphatic heterocycles. The van der Waals surface area contributed by atoms with Gasteiger partial charge in [0.25, 0.3) is 0 Å². The van der Waals surface area contributed by atoms with Crippen molar-refractivity contribution < 1.29 is 9.53 Å². The van der Waals surface area contributed by atoms with Gasteiger partial charge < -0.3 is 9.53 Å². The Morgan fingerprint density at radius 1 is 1.62 bits per heavy atom. The molecule has 0 amide bonds. The predicted molar refractivity (Wildman–Crippen MR) is 50.3 cm³/mol. The molecule has 2 rings (SSSR count). The average molecular weight is 197 g/mol. The van der Waals surface area contributed by atoms with Gasteiger partial charge in [0, 0.05) is 23.4 Å². The second-order valence-electron chi connectivity index (χ2n) is 3.06. The van der Waals surface area contributed by atoms with Crippen LogP contribution in [0.1, 0.15) is 12.0 Å². The molecule has 0 saturated heterocycles. The van der Waals surface area contributed by atoms with Gasteiger partial charge in [0.1, 0.15) is 18.1 Å². The highest BCUT2D eigenvalue weighted by atomic mass is 35.5. The second kappa shape index (κ2) is 3.38. The summed E-state index contributed by atoms with van der Waals surface area (Å²) in [4.78, 5) is 10.3. The summed E-state index contributed by atoms with van der Waals surface area (Å²) in [7, 11) is 0. The van der Waals surface area contributed by atoms with Crippen molar-refractivity contribution in [2.45, 2.75) is 18.9 Å². The highest BCUT2D eigenvalue weighted by molar-refractivity contribution is 6.31. The fourth-order valence-corrected chi connectivity index (χ4v) is 1.78. The molecule has 0 fully saturated rings. The van der Waals surface area contributed by atoms with Crippen molar-refractivity contribution in [3.63, 3.8) is 0 Å². The smallest absolute Gasteiger partial charge is 0.124 e. The molecule has 1 aromatic carbocycles. The molecule has 0 N–H and O–H groups in total. The second-order valence-corrected chi connectivity index (χ2v) is 3.47. The molecule has 1 unspecified atom stereocenters. The quantitative estimate of drug-likeness (QED) is 0.679. The fraction of sp³-hybridized carbons (Fsp3) is 0.300. The monoisotopic (exact) mass is 196 g/mol. The number of carbonyl (C=O) groups excluding carboxylic acids is 1. The first-order valence-electron chi connectivity index (χ1n) is 4.19. The van der Waals surface area contributed by atoms with Crippen molar-refractivity contribution in [1.29, 1.82) is 0 Å². The molecule has 0 bridgehead atoms. The summed E-state index contributed by atoms with van der Waals surface area (Å²) in [5.41, 5.74) is 1.02. The Balaban J connectivity index is 2.24. The molecule has 13 heavy (non-hydrogen) atoms. The van der Waals surface area contributed by atoms with Gasteiger partial charge in [-0.15, -0.1) is 0 Å². The summed E-state index contributed by atoms with van der Waals surface area (Å²) >= 11 is 5.97. The van der Waals surface area contributed by atoms with Crippen LogP contribution >= 0.6 is 11.6 Å². The van der Waals surface area contributed by atoms with Crippen LogP contribution in [0.3, 0.4) is 0 Å². The number of benzene rings is 1. The first-order valence-corrected chi connectivity index (χ1v) is 4.56. The van der Waals surface area contributed by atoms with Gasteiger partial charge in [-0.1, -0.05) is 17.7 Å². The molecule has 0 spiro atoms. The van der Waals surface area contributed by atoms with Crippen molar-refractivity contribution in [2.75, 3.05) is 0 Å². The summed E-state index contributed by atoms with van der Waals surface area (Å²) in [5, 5.41) is 0.728. The van der Waals surface area contributed by atoms with E-state index in [0.29, 0.717) is 6.42 Å². The normalized spacial score (nSPS) is 19.3. The molecule has 1 aromatic rings. The van der Waals surface area contributed by atoms with Gasteiger partial charge in [-0.3, -0.25) is 0 Å². The summed E-state index contributed by atoms with van der Waals surface area (Å²) in [6, 6.07) is 5.57. The maximum Gasteiger partial charge on any atom is 0.124 e. The summed E-state index contributed by atoms with van der Waals surface area (Å²) in [5.74, 6) is 0.819. The lowest BCUT2D eigenvalue weighted by Gasteiger charge is -2.04. The Hall–Kier alpha value is -1.02. The third-order valence-electron chi connectivity index (χ3n) is 2.16. The van der Waals surface area contributed by atoms with Crippen LogP contribution in [0.2, 0.25) is 5.02 Å². The Kier molecular flexibility index (Phi) is 2.23. The first-order chi connectivity index (χ1) is 6.31. The lowest BCUT2D eigenvalue weighted by molar-refractivity contribution is -0.109. The van der Waals surface area contributed by atoms with Crippen LogP contribution in [0.4, 0.5) is 0 Å². The lowest BCUT2D eigenvalue weighted by Crippen LogP contribution is -2.12. The molecule has 1 aliphatic rings. The lowest BCUT2D eigenvalue weighted by atomic mass is 10.1. The zero-order valence-electron chi connectivity index (χ0n) is 7.00. The van der Waals surface area contributed by atoms with E-state index in [0.717, 1.165) is 29.0 Å². The van der Waals surface area contributed by atoms with Crippen LogP contribution in [0, 0.1) is 0 Å². The Bertz CT molecular complexity index is 336. The van der Waals surface area contributed by atoms with E-state index in [9.17, 15) is 4.79 Å². The predicted octanol–water partition coefficient (Wildman–Crippen LogP) is 2.23. The third kappa shape index (κ3) is 1.54. The number of carbonyl (C=O) groups is 1. The molecular formula is C10H9ClO2. The highest BCUT2D eigenvalue weighted by Gasteiger charge is 2.23. The average Bonchev–Trinajstić information content (AvgIpc) is 2.49. The van der Waals surface area contributed by atoms with E-state index in [4.69, 9.17) is 16.3 Å². The molecule has 0 aliphatic carbocycles. The topological polar surface area (TPSA) is 26.3 Å². The van der Waals surface area contributed by atoms with Gasteiger partial charge in [0.05, 0.1) is 0 Å². The molecule has 68 valence electrons. The van der Waals surface area contributed by atoms with Crippen LogP contribution in [0.5, 0.6) is 5.75 Å². The van der Waals surface area contributed by atoms with E-state index in [1.807, 2.05) is 18.2 Å². The first kappa shape index (κ1) is 8.57. The highest BCUT2D eigenvalue weighted by Crippen LogP contribution is 2.34. The van der Waals surface area contributed by atoms with E-state index >= 15 is 0 Å². The van der Waals surface area contributed by atoms with E-state index in [2.05, 4.69) is 0 Å². The van der Waals surface area contributed by atoms with Crippen molar-refractivity contribution in [2.24, 2.45) is 0 Å². The minimum absolute atomic E-state index is 0.0209. The van der Waals surface area contributed by atoms with Crippen LogP contribution in [0.25, 0.3) is 0 Å². The molecule has 1 heterocycles. The Morgan fingerprint density at radius 2 is 2.46 bits per heavy atom. The molecule has 3 heteroatoms. The molecule has 1 atom stereocenters. The summed E-state index contributed by atoms with van der Waals surface area (Å²) in [6.45, 7) is 0. The van der Waals surface area contributed by atoms with Crippen LogP contribution in [-0.4, -0.2) is 12.4 Å². The van der Waals surface area contributed by atoms with Crippen LogP contribution < -0.4 is 4.74 Å². The number of fused-ring (bicyclic) bond motifs is 1. The minimum Gasteiger partial charge on any atom is -0.489 e. The number of ether oxygens (including phenoxy) is 1. The van der Waals surface area contributed by atoms with Crippen LogP contribution in [0.15, 0.2) is 18.2 Å². The molecule has 0 radical (unpaired) electrons. The number of hydrogen-bond donors (Lipinski definition) is 0. The zero-order valence-corrected chi connectivity index (χ0v) is 7.75. The number of hydrogen-bond acceptors (Lipinski definition) is 2. The largest absolute Gasteiger partial charge is 0.489 e. The Morgan fingerprint density at radius 3 is 3.15 bits per heavy atom. The number of halogens is 1. The van der Waals surface area contributed by atoms with E-state index < -0.39 is 0 Å². The van der Waals surface area contributed by atoms with E-state index in [1.54, 1.807) is 0 Å². The molecular weight excluding hydrogens is 188 g/mol. The van der Waals surface area contributed by atoms with Gasteiger partial charge in [-0.2, -0.15) is 0 Å². The summed E-state index contributed by atoms with van der Waals surface area (Å²) < 4.78 is 5.51. The van der Waals surface area contributed by atoms with Gasteiger partial charge in [0.2, 0.25) is 0 Å². The maximum atomic E-state index is 10.3. The maximum absolute atomic E-state index is 10.3. The number of aldehydes is 1. The van der Waals surface area contributed by atoms with E-state index in [1.165, 1.54) is 0 Å². The fourth-order valence-electron chi connectivity index (χ4n) is 1.54. The zero-order chi connectivity index (χ0) is 9.26. The van der Waals surface area contributed by atoms with E-state index in [-0.39, 0.29) is 6.10 Å². The minimum atomic E-state index is -0.0209. The summed E-state index contributed by atoms with van der Waals surface area (Å²) in [6.07, 6.45) is 2.04. The SMILES string of the molecule is O=CCC1Cc2c(Cl)cccc2O1. The number of rotatable bonds is 2. The third-order valence-corrected chi connectivity index (χ3v) is 2.51. The van der Waals surface area contributed by atoms with Gasteiger partial charge in [-0.05, 0) is 12.1 Å². The molecule has 0 aromatic heterocycles. The molecule has 2 nitrogen and oxygen atoms in total. The van der Waals surface area contributed by atoms with Gasteiger partial charge >= 0.3 is 0 Å².